The second-order valence-corrected chi connectivity index (χ2v) is 5.71. The van der Waals surface area contributed by atoms with Crippen LogP contribution in [0, 0.1) is 0 Å². The predicted octanol–water partition coefficient (Wildman–Crippen LogP) is 3.12. The van der Waals surface area contributed by atoms with Crippen molar-refractivity contribution in [1.29, 1.82) is 0 Å². The quantitative estimate of drug-likeness (QED) is 0.749. The minimum absolute atomic E-state index is 0.687. The Hall–Kier alpha value is -0.340. The number of nitrogens with one attached hydrogen (secondary N) is 1. The first-order valence-corrected chi connectivity index (χ1v) is 6.33. The zero-order chi connectivity index (χ0) is 10.1. The molecule has 0 radical (unpaired) electrons. The van der Waals surface area contributed by atoms with Crippen molar-refractivity contribution in [3.63, 3.8) is 0 Å². The predicted molar refractivity (Wildman–Crippen MR) is 63.4 cm³/mol. The number of thiophene rings is 1. The summed E-state index contributed by atoms with van der Waals surface area (Å²) in [5.41, 5.74) is 1.60. The lowest BCUT2D eigenvalue weighted by Gasteiger charge is -2.07. The van der Waals surface area contributed by atoms with Gasteiger partial charge in [-0.15, -0.1) is 11.3 Å². The Bertz CT molecular complexity index is 314. The van der Waals surface area contributed by atoms with Gasteiger partial charge < -0.3 is 5.32 Å². The molecule has 1 unspecified atom stereocenters. The molecule has 0 fully saturated rings. The molecule has 1 N–H and O–H groups in total. The van der Waals surface area contributed by atoms with Gasteiger partial charge in [-0.2, -0.15) is 0 Å². The number of hydrogen-bond acceptors (Lipinski definition) is 2. The molecular weight excluding hydrogens is 190 g/mol. The standard InChI is InChI=1S/C12H19NS/c1-8(2)12-6-10-9(3)7-13-5-4-11(10)14-12/h6,8-9,13H,4-5,7H2,1-3H3. The van der Waals surface area contributed by atoms with Crippen molar-refractivity contribution in [2.24, 2.45) is 0 Å². The lowest BCUT2D eigenvalue weighted by molar-refractivity contribution is 0.643. The molecule has 0 aliphatic carbocycles. The summed E-state index contributed by atoms with van der Waals surface area (Å²) in [5, 5.41) is 3.49. The Morgan fingerprint density at radius 1 is 1.50 bits per heavy atom. The highest BCUT2D eigenvalue weighted by molar-refractivity contribution is 7.12. The van der Waals surface area contributed by atoms with Crippen molar-refractivity contribution in [2.75, 3.05) is 13.1 Å². The molecule has 2 heterocycles. The van der Waals surface area contributed by atoms with E-state index in [-0.39, 0.29) is 0 Å². The molecule has 1 nitrogen and oxygen atoms in total. The van der Waals surface area contributed by atoms with E-state index in [0.29, 0.717) is 11.8 Å². The first-order valence-electron chi connectivity index (χ1n) is 5.51. The molecule has 0 saturated carbocycles. The first kappa shape index (κ1) is 10.2. The van der Waals surface area contributed by atoms with Gasteiger partial charge in [0.15, 0.2) is 0 Å². The van der Waals surface area contributed by atoms with E-state index < -0.39 is 0 Å². The Balaban J connectivity index is 2.34. The smallest absolute Gasteiger partial charge is 0.00961 e. The van der Waals surface area contributed by atoms with Gasteiger partial charge >= 0.3 is 0 Å². The maximum atomic E-state index is 3.49. The third kappa shape index (κ3) is 1.86. The Labute approximate surface area is 90.5 Å². The van der Waals surface area contributed by atoms with Crippen LogP contribution in [0.5, 0.6) is 0 Å². The summed E-state index contributed by atoms with van der Waals surface area (Å²) in [4.78, 5) is 3.18. The monoisotopic (exact) mass is 209 g/mol. The topological polar surface area (TPSA) is 12.0 Å². The maximum Gasteiger partial charge on any atom is 0.00961 e. The molecule has 1 aliphatic heterocycles. The molecule has 2 rings (SSSR count). The fourth-order valence-corrected chi connectivity index (χ4v) is 3.28. The number of hydrogen-bond donors (Lipinski definition) is 1. The van der Waals surface area contributed by atoms with Gasteiger partial charge in [0, 0.05) is 16.3 Å². The van der Waals surface area contributed by atoms with Crippen LogP contribution in [-0.4, -0.2) is 13.1 Å². The van der Waals surface area contributed by atoms with Crippen molar-refractivity contribution in [1.82, 2.24) is 5.32 Å². The van der Waals surface area contributed by atoms with Gasteiger partial charge in [-0.25, -0.2) is 0 Å². The van der Waals surface area contributed by atoms with Crippen LogP contribution in [0.15, 0.2) is 6.07 Å². The van der Waals surface area contributed by atoms with Crippen molar-refractivity contribution >= 4 is 11.3 Å². The highest BCUT2D eigenvalue weighted by Crippen LogP contribution is 2.33. The fraction of sp³-hybridized carbons (Fsp3) is 0.667. The average Bonchev–Trinajstić information content (AvgIpc) is 2.49. The SMILES string of the molecule is CC(C)c1cc2c(s1)CCNCC2C. The van der Waals surface area contributed by atoms with E-state index in [1.807, 2.05) is 11.3 Å². The van der Waals surface area contributed by atoms with Crippen molar-refractivity contribution in [2.45, 2.75) is 39.0 Å². The van der Waals surface area contributed by atoms with Gasteiger partial charge in [-0.05, 0) is 36.4 Å². The molecule has 0 bridgehead atoms. The lowest BCUT2D eigenvalue weighted by atomic mass is 10.0. The van der Waals surface area contributed by atoms with E-state index in [2.05, 4.69) is 32.2 Å². The summed E-state index contributed by atoms with van der Waals surface area (Å²) in [5.74, 6) is 1.38. The average molecular weight is 209 g/mol. The molecular formula is C12H19NS. The molecule has 0 aromatic carbocycles. The zero-order valence-corrected chi connectivity index (χ0v) is 10.1. The highest BCUT2D eigenvalue weighted by Gasteiger charge is 2.18. The first-order chi connectivity index (χ1) is 6.68. The number of fused-ring (bicyclic) bond motifs is 1. The molecule has 2 heteroatoms. The molecule has 0 amide bonds. The van der Waals surface area contributed by atoms with Crippen LogP contribution in [0.3, 0.4) is 0 Å². The third-order valence-corrected chi connectivity index (χ3v) is 4.45. The van der Waals surface area contributed by atoms with E-state index in [0.717, 1.165) is 13.1 Å². The van der Waals surface area contributed by atoms with Gasteiger partial charge in [-0.3, -0.25) is 0 Å². The molecule has 1 atom stereocenters. The van der Waals surface area contributed by atoms with Crippen LogP contribution >= 0.6 is 11.3 Å². The molecule has 78 valence electrons. The van der Waals surface area contributed by atoms with E-state index in [1.54, 1.807) is 15.3 Å². The zero-order valence-electron chi connectivity index (χ0n) is 9.26. The van der Waals surface area contributed by atoms with Gasteiger partial charge in [-0.1, -0.05) is 20.8 Å². The van der Waals surface area contributed by atoms with E-state index >= 15 is 0 Å². The van der Waals surface area contributed by atoms with Crippen molar-refractivity contribution in [3.8, 4) is 0 Å². The Kier molecular flexibility index (Phi) is 2.93. The minimum atomic E-state index is 0.687. The molecule has 0 saturated heterocycles. The maximum absolute atomic E-state index is 3.49. The second kappa shape index (κ2) is 4.03. The van der Waals surface area contributed by atoms with Crippen molar-refractivity contribution < 1.29 is 0 Å². The summed E-state index contributed by atoms with van der Waals surface area (Å²) in [6.07, 6.45) is 1.22. The van der Waals surface area contributed by atoms with E-state index in [4.69, 9.17) is 0 Å². The Morgan fingerprint density at radius 3 is 3.00 bits per heavy atom. The molecule has 1 aromatic rings. The largest absolute Gasteiger partial charge is 0.316 e. The highest BCUT2D eigenvalue weighted by atomic mass is 32.1. The molecule has 1 aliphatic rings. The van der Waals surface area contributed by atoms with Gasteiger partial charge in [0.25, 0.3) is 0 Å². The summed E-state index contributed by atoms with van der Waals surface area (Å²) >= 11 is 2.02. The van der Waals surface area contributed by atoms with E-state index in [1.165, 1.54) is 6.42 Å². The number of rotatable bonds is 1. The van der Waals surface area contributed by atoms with Gasteiger partial charge in [0.2, 0.25) is 0 Å². The molecule has 14 heavy (non-hydrogen) atoms. The van der Waals surface area contributed by atoms with Gasteiger partial charge in [0.1, 0.15) is 0 Å². The summed E-state index contributed by atoms with van der Waals surface area (Å²) < 4.78 is 0. The van der Waals surface area contributed by atoms with Crippen LogP contribution in [0.2, 0.25) is 0 Å². The van der Waals surface area contributed by atoms with Crippen LogP contribution in [0.4, 0.5) is 0 Å². The van der Waals surface area contributed by atoms with Gasteiger partial charge in [0.05, 0.1) is 0 Å². The van der Waals surface area contributed by atoms with Crippen LogP contribution < -0.4 is 5.32 Å². The van der Waals surface area contributed by atoms with Crippen LogP contribution in [0.1, 0.15) is 47.9 Å². The lowest BCUT2D eigenvalue weighted by Crippen LogP contribution is -2.18. The minimum Gasteiger partial charge on any atom is -0.316 e. The molecule has 1 aromatic heterocycles. The van der Waals surface area contributed by atoms with Crippen LogP contribution in [-0.2, 0) is 6.42 Å². The third-order valence-electron chi connectivity index (χ3n) is 2.94. The summed E-state index contributed by atoms with van der Waals surface area (Å²) in [7, 11) is 0. The summed E-state index contributed by atoms with van der Waals surface area (Å²) in [6.45, 7) is 9.19. The van der Waals surface area contributed by atoms with E-state index in [9.17, 15) is 0 Å². The molecule has 0 spiro atoms. The van der Waals surface area contributed by atoms with Crippen molar-refractivity contribution in [3.05, 3.63) is 21.4 Å². The second-order valence-electron chi connectivity index (χ2n) is 4.54. The van der Waals surface area contributed by atoms with Crippen LogP contribution in [0.25, 0.3) is 0 Å². The summed E-state index contributed by atoms with van der Waals surface area (Å²) in [6, 6.07) is 2.43. The normalized spacial score (nSPS) is 22.1. The Morgan fingerprint density at radius 2 is 2.29 bits per heavy atom. The fourth-order valence-electron chi connectivity index (χ4n) is 1.99.